The number of methoxy groups -OCH3 is 1. The number of aryl methyl sites for hydroxylation is 1. The Labute approximate surface area is 125 Å². The number of hydrogen-bond acceptors (Lipinski definition) is 5. The topological polar surface area (TPSA) is 61.5 Å². The predicted molar refractivity (Wildman–Crippen MR) is 81.7 cm³/mol. The third-order valence-corrected chi connectivity index (χ3v) is 3.96. The zero-order valence-corrected chi connectivity index (χ0v) is 12.9. The molecule has 1 fully saturated rings. The van der Waals surface area contributed by atoms with E-state index in [1.165, 1.54) is 0 Å². The van der Waals surface area contributed by atoms with Crippen molar-refractivity contribution in [3.8, 4) is 6.07 Å². The minimum atomic E-state index is -0.219. The average molecular weight is 290 g/mol. The van der Waals surface area contributed by atoms with Crippen LogP contribution in [0.3, 0.4) is 0 Å². The number of nitrogens with zero attached hydrogens (tertiary/aromatic N) is 4. The van der Waals surface area contributed by atoms with E-state index in [2.05, 4.69) is 22.9 Å². The van der Waals surface area contributed by atoms with Gasteiger partial charge in [-0.1, -0.05) is 0 Å². The van der Waals surface area contributed by atoms with E-state index in [0.717, 1.165) is 37.6 Å². The second-order valence-corrected chi connectivity index (χ2v) is 5.40. The Morgan fingerprint density at radius 3 is 2.57 bits per heavy atom. The number of pyridine rings is 1. The SMILES string of the molecule is COCCn1c(C)cc(N2CCN(C)CC2)c(C#N)c1=O. The fourth-order valence-electron chi connectivity index (χ4n) is 2.61. The molecule has 1 aliphatic heterocycles. The number of anilines is 1. The molecule has 1 aromatic heterocycles. The summed E-state index contributed by atoms with van der Waals surface area (Å²) in [4.78, 5) is 16.9. The summed E-state index contributed by atoms with van der Waals surface area (Å²) in [5, 5.41) is 9.39. The lowest BCUT2D eigenvalue weighted by molar-refractivity contribution is 0.185. The van der Waals surface area contributed by atoms with Crippen molar-refractivity contribution in [2.24, 2.45) is 0 Å². The molecule has 0 aromatic carbocycles. The van der Waals surface area contributed by atoms with Gasteiger partial charge in [0.05, 0.1) is 12.3 Å². The largest absolute Gasteiger partial charge is 0.383 e. The minimum absolute atomic E-state index is 0.219. The van der Waals surface area contributed by atoms with E-state index in [-0.39, 0.29) is 11.1 Å². The molecule has 114 valence electrons. The Balaban J connectivity index is 2.39. The molecule has 6 heteroatoms. The van der Waals surface area contributed by atoms with Crippen LogP contribution in [0.25, 0.3) is 0 Å². The summed E-state index contributed by atoms with van der Waals surface area (Å²) in [6, 6.07) is 4.03. The number of hydrogen-bond donors (Lipinski definition) is 0. The molecule has 0 saturated carbocycles. The fraction of sp³-hybridized carbons (Fsp3) is 0.600. The van der Waals surface area contributed by atoms with Gasteiger partial charge in [0.2, 0.25) is 0 Å². The first-order chi connectivity index (χ1) is 10.1. The van der Waals surface area contributed by atoms with E-state index in [9.17, 15) is 10.1 Å². The van der Waals surface area contributed by atoms with Gasteiger partial charge in [0.25, 0.3) is 5.56 Å². The Morgan fingerprint density at radius 2 is 2.00 bits per heavy atom. The maximum atomic E-state index is 12.5. The highest BCUT2D eigenvalue weighted by molar-refractivity contribution is 5.59. The number of ether oxygens (including phenoxy) is 1. The normalized spacial score (nSPS) is 16.0. The van der Waals surface area contributed by atoms with Crippen LogP contribution in [0.15, 0.2) is 10.9 Å². The second-order valence-electron chi connectivity index (χ2n) is 5.40. The Hall–Kier alpha value is -1.84. The van der Waals surface area contributed by atoms with E-state index < -0.39 is 0 Å². The predicted octanol–water partition coefficient (Wildman–Crippen LogP) is 0.427. The highest BCUT2D eigenvalue weighted by atomic mass is 16.5. The molecule has 0 amide bonds. The van der Waals surface area contributed by atoms with Crippen LogP contribution in [0.2, 0.25) is 0 Å². The van der Waals surface area contributed by atoms with Crippen LogP contribution in [0.1, 0.15) is 11.3 Å². The standard InChI is InChI=1S/C15H22N4O2/c1-12-10-14(18-6-4-17(2)5-7-18)13(11-16)15(20)19(12)8-9-21-3/h10H,4-9H2,1-3H3. The molecule has 2 heterocycles. The van der Waals surface area contributed by atoms with Gasteiger partial charge in [0.15, 0.2) is 0 Å². The smallest absolute Gasteiger partial charge is 0.270 e. The first kappa shape index (κ1) is 15.5. The third kappa shape index (κ3) is 3.26. The van der Waals surface area contributed by atoms with Gasteiger partial charge in [0, 0.05) is 45.5 Å². The number of rotatable bonds is 4. The molecule has 0 N–H and O–H groups in total. The molecule has 0 spiro atoms. The molecule has 1 saturated heterocycles. The van der Waals surface area contributed by atoms with Crippen molar-refractivity contribution in [2.45, 2.75) is 13.5 Å². The maximum absolute atomic E-state index is 12.5. The molecule has 0 aliphatic carbocycles. The summed E-state index contributed by atoms with van der Waals surface area (Å²) in [5.41, 5.74) is 1.65. The molecule has 1 aromatic rings. The third-order valence-electron chi connectivity index (χ3n) is 3.96. The van der Waals surface area contributed by atoms with Crippen LogP contribution in [-0.2, 0) is 11.3 Å². The first-order valence-corrected chi connectivity index (χ1v) is 7.15. The van der Waals surface area contributed by atoms with E-state index >= 15 is 0 Å². The van der Waals surface area contributed by atoms with Crippen LogP contribution in [0, 0.1) is 18.3 Å². The van der Waals surface area contributed by atoms with Gasteiger partial charge < -0.3 is 19.1 Å². The minimum Gasteiger partial charge on any atom is -0.383 e. The lowest BCUT2D eigenvalue weighted by Crippen LogP contribution is -2.45. The molecule has 6 nitrogen and oxygen atoms in total. The quantitative estimate of drug-likeness (QED) is 0.804. The monoisotopic (exact) mass is 290 g/mol. The molecule has 0 unspecified atom stereocenters. The summed E-state index contributed by atoms with van der Waals surface area (Å²) in [7, 11) is 3.68. The highest BCUT2D eigenvalue weighted by Gasteiger charge is 2.20. The Morgan fingerprint density at radius 1 is 1.33 bits per heavy atom. The van der Waals surface area contributed by atoms with Gasteiger partial charge in [-0.3, -0.25) is 4.79 Å². The summed E-state index contributed by atoms with van der Waals surface area (Å²) in [6.07, 6.45) is 0. The van der Waals surface area contributed by atoms with E-state index in [1.807, 2.05) is 13.0 Å². The van der Waals surface area contributed by atoms with Gasteiger partial charge >= 0.3 is 0 Å². The lowest BCUT2D eigenvalue weighted by Gasteiger charge is -2.34. The molecule has 0 bridgehead atoms. The van der Waals surface area contributed by atoms with Gasteiger partial charge in [-0.25, -0.2) is 0 Å². The zero-order valence-electron chi connectivity index (χ0n) is 12.9. The van der Waals surface area contributed by atoms with Crippen LogP contribution in [0.4, 0.5) is 5.69 Å². The van der Waals surface area contributed by atoms with Crippen molar-refractivity contribution >= 4 is 5.69 Å². The zero-order chi connectivity index (χ0) is 15.4. The van der Waals surface area contributed by atoms with Crippen molar-refractivity contribution in [3.63, 3.8) is 0 Å². The van der Waals surface area contributed by atoms with Gasteiger partial charge in [0.1, 0.15) is 11.6 Å². The van der Waals surface area contributed by atoms with Crippen LogP contribution in [-0.4, -0.2) is 56.4 Å². The Bertz CT molecular complexity index is 595. The molecular formula is C15H22N4O2. The highest BCUT2D eigenvalue weighted by Crippen LogP contribution is 2.20. The van der Waals surface area contributed by atoms with E-state index in [1.54, 1.807) is 11.7 Å². The number of aromatic nitrogens is 1. The van der Waals surface area contributed by atoms with Crippen LogP contribution >= 0.6 is 0 Å². The van der Waals surface area contributed by atoms with Crippen molar-refractivity contribution < 1.29 is 4.74 Å². The van der Waals surface area contributed by atoms with Crippen LogP contribution in [0.5, 0.6) is 0 Å². The lowest BCUT2D eigenvalue weighted by atomic mass is 10.1. The average Bonchev–Trinajstić information content (AvgIpc) is 2.47. The van der Waals surface area contributed by atoms with E-state index in [0.29, 0.717) is 13.2 Å². The fourth-order valence-corrected chi connectivity index (χ4v) is 2.61. The summed E-state index contributed by atoms with van der Waals surface area (Å²) < 4.78 is 6.64. The molecule has 0 atom stereocenters. The molecule has 1 aliphatic rings. The van der Waals surface area contributed by atoms with Crippen molar-refractivity contribution in [3.05, 3.63) is 27.7 Å². The first-order valence-electron chi connectivity index (χ1n) is 7.15. The van der Waals surface area contributed by atoms with E-state index in [4.69, 9.17) is 4.74 Å². The summed E-state index contributed by atoms with van der Waals surface area (Å²) >= 11 is 0. The maximum Gasteiger partial charge on any atom is 0.270 e. The number of nitriles is 1. The second kappa shape index (κ2) is 6.74. The van der Waals surface area contributed by atoms with Crippen LogP contribution < -0.4 is 10.5 Å². The molecule has 2 rings (SSSR count). The van der Waals surface area contributed by atoms with Crippen molar-refractivity contribution in [2.75, 3.05) is 51.8 Å². The molecule has 0 radical (unpaired) electrons. The van der Waals surface area contributed by atoms with Gasteiger partial charge in [-0.15, -0.1) is 0 Å². The summed E-state index contributed by atoms with van der Waals surface area (Å²) in [5.74, 6) is 0. The Kier molecular flexibility index (Phi) is 4.99. The van der Waals surface area contributed by atoms with Gasteiger partial charge in [-0.2, -0.15) is 5.26 Å². The number of likely N-dealkylation sites (N-methyl/N-ethyl adjacent to an activating group) is 1. The van der Waals surface area contributed by atoms with Crippen molar-refractivity contribution in [1.82, 2.24) is 9.47 Å². The number of piperazine rings is 1. The summed E-state index contributed by atoms with van der Waals surface area (Å²) in [6.45, 7) is 6.39. The molecular weight excluding hydrogens is 268 g/mol. The van der Waals surface area contributed by atoms with Crippen molar-refractivity contribution in [1.29, 1.82) is 5.26 Å². The van der Waals surface area contributed by atoms with Gasteiger partial charge in [-0.05, 0) is 20.0 Å². The molecule has 21 heavy (non-hydrogen) atoms.